The summed E-state index contributed by atoms with van der Waals surface area (Å²) in [6.07, 6.45) is 1.06. The minimum absolute atomic E-state index is 0.128. The number of para-hydroxylation sites is 1. The second-order valence-corrected chi connectivity index (χ2v) is 4.83. The molecular weight excluding hydrogens is 202 g/mol. The highest BCUT2D eigenvalue weighted by Crippen LogP contribution is 2.28. The fourth-order valence-corrected chi connectivity index (χ4v) is 1.72. The summed E-state index contributed by atoms with van der Waals surface area (Å²) in [5.74, 6) is 0.988. The Morgan fingerprint density at radius 1 is 1.44 bits per heavy atom. The molecule has 2 N–H and O–H groups in total. The van der Waals surface area contributed by atoms with Gasteiger partial charge in [-0.2, -0.15) is 0 Å². The van der Waals surface area contributed by atoms with Crippen LogP contribution in [0.5, 0.6) is 5.75 Å². The van der Waals surface area contributed by atoms with Gasteiger partial charge in [-0.3, -0.25) is 0 Å². The van der Waals surface area contributed by atoms with E-state index in [2.05, 4.69) is 6.07 Å². The fraction of sp³-hybridized carbons (Fsp3) is 0.538. The van der Waals surface area contributed by atoms with Crippen molar-refractivity contribution in [3.05, 3.63) is 29.8 Å². The quantitative estimate of drug-likeness (QED) is 0.842. The molecule has 1 heterocycles. The molecule has 0 saturated carbocycles. The molecule has 1 aromatic rings. The maximum atomic E-state index is 5.78. The molecule has 3 nitrogen and oxygen atoms in total. The lowest BCUT2D eigenvalue weighted by molar-refractivity contribution is -0.0426. The van der Waals surface area contributed by atoms with E-state index >= 15 is 0 Å². The van der Waals surface area contributed by atoms with Gasteiger partial charge in [0.25, 0.3) is 0 Å². The van der Waals surface area contributed by atoms with Crippen LogP contribution in [0.3, 0.4) is 0 Å². The van der Waals surface area contributed by atoms with E-state index < -0.39 is 0 Å². The van der Waals surface area contributed by atoms with Crippen molar-refractivity contribution in [3.63, 3.8) is 0 Å². The second-order valence-electron chi connectivity index (χ2n) is 4.83. The zero-order valence-electron chi connectivity index (χ0n) is 9.90. The summed E-state index contributed by atoms with van der Waals surface area (Å²) in [5, 5.41) is 0. The molecule has 0 radical (unpaired) electrons. The number of ether oxygens (including phenoxy) is 2. The van der Waals surface area contributed by atoms with E-state index in [1.165, 1.54) is 5.56 Å². The Labute approximate surface area is 96.5 Å². The second kappa shape index (κ2) is 4.44. The lowest BCUT2D eigenvalue weighted by Crippen LogP contribution is -2.37. The number of nitrogens with two attached hydrogens (primary N) is 1. The summed E-state index contributed by atoms with van der Waals surface area (Å²) in [7, 11) is 0. The molecule has 1 aliphatic rings. The minimum Gasteiger partial charge on any atom is -0.487 e. The zero-order valence-corrected chi connectivity index (χ0v) is 9.90. The molecule has 1 atom stereocenters. The third-order valence-corrected chi connectivity index (χ3v) is 2.87. The topological polar surface area (TPSA) is 44.5 Å². The molecule has 0 spiro atoms. The number of benzene rings is 1. The van der Waals surface area contributed by atoms with Crippen LogP contribution in [0, 0.1) is 0 Å². The predicted molar refractivity (Wildman–Crippen MR) is 63.6 cm³/mol. The molecule has 0 amide bonds. The number of hydrogen-bond donors (Lipinski definition) is 1. The van der Waals surface area contributed by atoms with E-state index in [0.29, 0.717) is 13.2 Å². The molecule has 0 fully saturated rings. The van der Waals surface area contributed by atoms with Crippen LogP contribution in [0.1, 0.15) is 19.4 Å². The molecule has 3 heteroatoms. The van der Waals surface area contributed by atoms with E-state index in [-0.39, 0.29) is 11.7 Å². The Bertz CT molecular complexity index is 338. The maximum absolute atomic E-state index is 5.78. The number of rotatable bonds is 4. The monoisotopic (exact) mass is 221 g/mol. The standard InChI is InChI=1S/C13H19NO2/c1-13(2,9-14)15-8-11-7-10-5-3-4-6-12(10)16-11/h3-6,11H,7-9,14H2,1-2H3. The van der Waals surface area contributed by atoms with Gasteiger partial charge in [0.1, 0.15) is 11.9 Å². The summed E-state index contributed by atoms with van der Waals surface area (Å²) in [6.45, 7) is 5.11. The van der Waals surface area contributed by atoms with Gasteiger partial charge in [-0.1, -0.05) is 18.2 Å². The van der Waals surface area contributed by atoms with Gasteiger partial charge in [0.05, 0.1) is 12.2 Å². The highest BCUT2D eigenvalue weighted by Gasteiger charge is 2.25. The van der Waals surface area contributed by atoms with Gasteiger partial charge in [0.2, 0.25) is 0 Å². The van der Waals surface area contributed by atoms with E-state index in [9.17, 15) is 0 Å². The molecule has 16 heavy (non-hydrogen) atoms. The van der Waals surface area contributed by atoms with Crippen molar-refractivity contribution in [1.29, 1.82) is 0 Å². The summed E-state index contributed by atoms with van der Waals surface area (Å²) in [4.78, 5) is 0. The van der Waals surface area contributed by atoms with Crippen LogP contribution in [-0.4, -0.2) is 24.9 Å². The van der Waals surface area contributed by atoms with Gasteiger partial charge in [-0.25, -0.2) is 0 Å². The first-order chi connectivity index (χ1) is 7.61. The van der Waals surface area contributed by atoms with Gasteiger partial charge in [0.15, 0.2) is 0 Å². The smallest absolute Gasteiger partial charge is 0.126 e. The molecule has 1 aromatic carbocycles. The Kier molecular flexibility index (Phi) is 3.17. The molecular formula is C13H19NO2. The van der Waals surface area contributed by atoms with Crippen molar-refractivity contribution < 1.29 is 9.47 Å². The predicted octanol–water partition coefficient (Wildman–Crippen LogP) is 1.74. The van der Waals surface area contributed by atoms with Crippen LogP contribution in [0.4, 0.5) is 0 Å². The molecule has 0 aromatic heterocycles. The summed E-state index contributed by atoms with van der Waals surface area (Å²) < 4.78 is 11.5. The Morgan fingerprint density at radius 3 is 2.88 bits per heavy atom. The SMILES string of the molecule is CC(C)(CN)OCC1Cc2ccccc2O1. The lowest BCUT2D eigenvalue weighted by Gasteiger charge is -2.25. The fourth-order valence-electron chi connectivity index (χ4n) is 1.72. The summed E-state index contributed by atoms with van der Waals surface area (Å²) in [5.41, 5.74) is 6.61. The molecule has 0 bridgehead atoms. The van der Waals surface area contributed by atoms with Crippen molar-refractivity contribution in [2.24, 2.45) is 5.73 Å². The van der Waals surface area contributed by atoms with Gasteiger partial charge in [-0.15, -0.1) is 0 Å². The largest absolute Gasteiger partial charge is 0.487 e. The highest BCUT2D eigenvalue weighted by atomic mass is 16.5. The van der Waals surface area contributed by atoms with Crippen molar-refractivity contribution in [3.8, 4) is 5.75 Å². The van der Waals surface area contributed by atoms with Crippen LogP contribution >= 0.6 is 0 Å². The first-order valence-corrected chi connectivity index (χ1v) is 5.69. The first kappa shape index (κ1) is 11.4. The van der Waals surface area contributed by atoms with Crippen LogP contribution in [-0.2, 0) is 11.2 Å². The number of fused-ring (bicyclic) bond motifs is 1. The van der Waals surface area contributed by atoms with Crippen LogP contribution in [0.15, 0.2) is 24.3 Å². The number of hydrogen-bond acceptors (Lipinski definition) is 3. The Morgan fingerprint density at radius 2 is 2.19 bits per heavy atom. The Balaban J connectivity index is 1.88. The summed E-state index contributed by atoms with van der Waals surface area (Å²) >= 11 is 0. The minimum atomic E-state index is -0.266. The average molecular weight is 221 g/mol. The Hall–Kier alpha value is -1.06. The first-order valence-electron chi connectivity index (χ1n) is 5.69. The van der Waals surface area contributed by atoms with Crippen molar-refractivity contribution in [2.45, 2.75) is 32.0 Å². The van der Waals surface area contributed by atoms with Gasteiger partial charge in [-0.05, 0) is 25.5 Å². The highest BCUT2D eigenvalue weighted by molar-refractivity contribution is 5.37. The van der Waals surface area contributed by atoms with E-state index in [0.717, 1.165) is 12.2 Å². The zero-order chi connectivity index (χ0) is 11.6. The van der Waals surface area contributed by atoms with E-state index in [1.54, 1.807) is 0 Å². The lowest BCUT2D eigenvalue weighted by atomic mass is 10.1. The van der Waals surface area contributed by atoms with Crippen molar-refractivity contribution >= 4 is 0 Å². The molecule has 0 aliphatic carbocycles. The molecule has 1 aliphatic heterocycles. The van der Waals surface area contributed by atoms with E-state index in [4.69, 9.17) is 15.2 Å². The third kappa shape index (κ3) is 2.54. The van der Waals surface area contributed by atoms with E-state index in [1.807, 2.05) is 32.0 Å². The van der Waals surface area contributed by atoms with Gasteiger partial charge in [0, 0.05) is 13.0 Å². The summed E-state index contributed by atoms with van der Waals surface area (Å²) in [6, 6.07) is 8.13. The van der Waals surface area contributed by atoms with Crippen molar-refractivity contribution in [1.82, 2.24) is 0 Å². The van der Waals surface area contributed by atoms with Gasteiger partial charge < -0.3 is 15.2 Å². The average Bonchev–Trinajstić information content (AvgIpc) is 2.69. The normalized spacial score (nSPS) is 19.3. The van der Waals surface area contributed by atoms with Crippen LogP contribution in [0.25, 0.3) is 0 Å². The third-order valence-electron chi connectivity index (χ3n) is 2.87. The maximum Gasteiger partial charge on any atom is 0.126 e. The molecule has 0 saturated heterocycles. The van der Waals surface area contributed by atoms with Crippen molar-refractivity contribution in [2.75, 3.05) is 13.2 Å². The molecule has 1 unspecified atom stereocenters. The molecule has 88 valence electrons. The van der Waals surface area contributed by atoms with Gasteiger partial charge >= 0.3 is 0 Å². The van der Waals surface area contributed by atoms with Crippen LogP contribution in [0.2, 0.25) is 0 Å². The molecule has 2 rings (SSSR count). The van der Waals surface area contributed by atoms with Crippen LogP contribution < -0.4 is 10.5 Å².